The van der Waals surface area contributed by atoms with E-state index in [4.69, 9.17) is 5.11 Å². The van der Waals surface area contributed by atoms with Crippen LogP contribution in [0.25, 0.3) is 0 Å². The number of nitrogens with one attached hydrogen (secondary N) is 2. The van der Waals surface area contributed by atoms with Crippen molar-refractivity contribution in [3.8, 4) is 0 Å². The van der Waals surface area contributed by atoms with Gasteiger partial charge in [-0.1, -0.05) is 0 Å². The lowest BCUT2D eigenvalue weighted by molar-refractivity contribution is -0.122. The molecule has 4 heteroatoms. The van der Waals surface area contributed by atoms with Gasteiger partial charge in [0.05, 0.1) is 6.04 Å². The molecular formula is C12H22N2O2. The van der Waals surface area contributed by atoms with E-state index in [1.54, 1.807) is 0 Å². The minimum absolute atomic E-state index is 0.0151. The van der Waals surface area contributed by atoms with E-state index in [0.29, 0.717) is 5.41 Å². The second-order valence-corrected chi connectivity index (χ2v) is 5.19. The summed E-state index contributed by atoms with van der Waals surface area (Å²) in [6.45, 7) is 1.96. The van der Waals surface area contributed by atoms with E-state index in [9.17, 15) is 4.79 Å². The summed E-state index contributed by atoms with van der Waals surface area (Å²) in [6, 6.07) is -0.0151. The highest BCUT2D eigenvalue weighted by Gasteiger charge is 2.42. The smallest absolute Gasteiger partial charge is 0.237 e. The molecular weight excluding hydrogens is 204 g/mol. The molecule has 1 atom stereocenters. The number of carbonyl (C=O) groups excluding carboxylic acids is 1. The Hall–Kier alpha value is -0.610. The van der Waals surface area contributed by atoms with Gasteiger partial charge in [0.25, 0.3) is 0 Å². The lowest BCUT2D eigenvalue weighted by atomic mass is 10.0. The second-order valence-electron chi connectivity index (χ2n) is 5.19. The van der Waals surface area contributed by atoms with E-state index >= 15 is 0 Å². The van der Waals surface area contributed by atoms with Crippen molar-refractivity contribution in [2.75, 3.05) is 19.7 Å². The summed E-state index contributed by atoms with van der Waals surface area (Å²) in [5.74, 6) is 0.150. The lowest BCUT2D eigenvalue weighted by Gasteiger charge is -2.20. The Bertz CT molecular complexity index is 251. The lowest BCUT2D eigenvalue weighted by Crippen LogP contribution is -2.44. The molecule has 1 aliphatic heterocycles. The van der Waals surface area contributed by atoms with Gasteiger partial charge in [-0.15, -0.1) is 0 Å². The Labute approximate surface area is 96.8 Å². The molecule has 3 N–H and O–H groups in total. The van der Waals surface area contributed by atoms with E-state index in [1.807, 2.05) is 0 Å². The quantitative estimate of drug-likeness (QED) is 0.636. The molecule has 0 aromatic carbocycles. The number of rotatable bonds is 5. The van der Waals surface area contributed by atoms with Gasteiger partial charge >= 0.3 is 0 Å². The summed E-state index contributed by atoms with van der Waals surface area (Å²) in [7, 11) is 0. The summed E-state index contributed by atoms with van der Waals surface area (Å²) in [5.41, 5.74) is 0.293. The average molecular weight is 226 g/mol. The molecule has 1 saturated carbocycles. The topological polar surface area (TPSA) is 61.4 Å². The number of aliphatic hydroxyl groups is 1. The van der Waals surface area contributed by atoms with Crippen molar-refractivity contribution in [3.63, 3.8) is 0 Å². The molecule has 92 valence electrons. The third-order valence-electron chi connectivity index (χ3n) is 3.86. The third kappa shape index (κ3) is 2.95. The Morgan fingerprint density at radius 2 is 2.25 bits per heavy atom. The SMILES string of the molecule is O=C1NCCCCC1NCC1(CCO)CC1. The molecule has 16 heavy (non-hydrogen) atoms. The highest BCUT2D eigenvalue weighted by molar-refractivity contribution is 5.81. The molecule has 0 radical (unpaired) electrons. The second kappa shape index (κ2) is 5.15. The Balaban J connectivity index is 1.77. The summed E-state index contributed by atoms with van der Waals surface area (Å²) in [6.07, 6.45) is 6.40. The van der Waals surface area contributed by atoms with Crippen LogP contribution < -0.4 is 10.6 Å². The van der Waals surface area contributed by atoms with Crippen molar-refractivity contribution in [1.82, 2.24) is 10.6 Å². The number of hydrogen-bond donors (Lipinski definition) is 3. The van der Waals surface area contributed by atoms with Crippen LogP contribution in [0.5, 0.6) is 0 Å². The van der Waals surface area contributed by atoms with Crippen LogP contribution in [0.3, 0.4) is 0 Å². The van der Waals surface area contributed by atoms with Gasteiger partial charge in [0.1, 0.15) is 0 Å². The molecule has 1 saturated heterocycles. The van der Waals surface area contributed by atoms with E-state index in [0.717, 1.165) is 38.8 Å². The summed E-state index contributed by atoms with van der Waals surface area (Å²) >= 11 is 0. The predicted octanol–water partition coefficient (Wildman–Crippen LogP) is 0.407. The van der Waals surface area contributed by atoms with Crippen molar-refractivity contribution in [2.24, 2.45) is 5.41 Å². The van der Waals surface area contributed by atoms with Crippen molar-refractivity contribution in [1.29, 1.82) is 0 Å². The molecule has 0 aromatic rings. The molecule has 2 fully saturated rings. The molecule has 4 nitrogen and oxygen atoms in total. The van der Waals surface area contributed by atoms with Crippen LogP contribution in [-0.2, 0) is 4.79 Å². The Kier molecular flexibility index (Phi) is 3.82. The van der Waals surface area contributed by atoms with Gasteiger partial charge in [-0.05, 0) is 43.9 Å². The zero-order valence-corrected chi connectivity index (χ0v) is 9.80. The van der Waals surface area contributed by atoms with E-state index in [2.05, 4.69) is 10.6 Å². The zero-order chi connectivity index (χ0) is 11.4. The van der Waals surface area contributed by atoms with Crippen LogP contribution in [-0.4, -0.2) is 36.8 Å². The molecule has 2 aliphatic rings. The minimum atomic E-state index is -0.0151. The van der Waals surface area contributed by atoms with Crippen molar-refractivity contribution < 1.29 is 9.90 Å². The van der Waals surface area contributed by atoms with Crippen LogP contribution in [0.1, 0.15) is 38.5 Å². The van der Waals surface area contributed by atoms with E-state index in [-0.39, 0.29) is 18.6 Å². The fourth-order valence-corrected chi connectivity index (χ4v) is 2.40. The highest BCUT2D eigenvalue weighted by Crippen LogP contribution is 2.48. The molecule has 1 aliphatic carbocycles. The van der Waals surface area contributed by atoms with Crippen LogP contribution in [0, 0.1) is 5.41 Å². The molecule has 1 unspecified atom stereocenters. The first-order valence-electron chi connectivity index (χ1n) is 6.38. The first-order valence-corrected chi connectivity index (χ1v) is 6.38. The average Bonchev–Trinajstić information content (AvgIpc) is 3.03. The predicted molar refractivity (Wildman–Crippen MR) is 62.0 cm³/mol. The normalized spacial score (nSPS) is 28.3. The number of amides is 1. The monoisotopic (exact) mass is 226 g/mol. The van der Waals surface area contributed by atoms with Crippen LogP contribution in [0.2, 0.25) is 0 Å². The minimum Gasteiger partial charge on any atom is -0.396 e. The molecule has 0 spiro atoms. The largest absolute Gasteiger partial charge is 0.396 e. The number of carbonyl (C=O) groups is 1. The maximum atomic E-state index is 11.7. The Morgan fingerprint density at radius 1 is 1.44 bits per heavy atom. The zero-order valence-electron chi connectivity index (χ0n) is 9.80. The molecule has 1 amide bonds. The fourth-order valence-electron chi connectivity index (χ4n) is 2.40. The first kappa shape index (κ1) is 11.9. The maximum Gasteiger partial charge on any atom is 0.237 e. The maximum absolute atomic E-state index is 11.7. The van der Waals surface area contributed by atoms with Gasteiger partial charge in [0.2, 0.25) is 5.91 Å². The van der Waals surface area contributed by atoms with Gasteiger partial charge < -0.3 is 15.7 Å². The van der Waals surface area contributed by atoms with Crippen molar-refractivity contribution in [3.05, 3.63) is 0 Å². The van der Waals surface area contributed by atoms with Gasteiger partial charge in [-0.3, -0.25) is 4.79 Å². The van der Waals surface area contributed by atoms with E-state index in [1.165, 1.54) is 12.8 Å². The standard InChI is InChI=1S/C12H22N2O2/c15-8-6-12(4-5-12)9-14-10-3-1-2-7-13-11(10)16/h10,14-15H,1-9H2,(H,13,16). The van der Waals surface area contributed by atoms with Crippen LogP contribution in [0.4, 0.5) is 0 Å². The molecule has 1 heterocycles. The van der Waals surface area contributed by atoms with E-state index < -0.39 is 0 Å². The van der Waals surface area contributed by atoms with Crippen LogP contribution in [0.15, 0.2) is 0 Å². The summed E-state index contributed by atoms with van der Waals surface area (Å²) in [4.78, 5) is 11.7. The third-order valence-corrected chi connectivity index (χ3v) is 3.86. The number of aliphatic hydroxyl groups excluding tert-OH is 1. The highest BCUT2D eigenvalue weighted by atomic mass is 16.3. The van der Waals surface area contributed by atoms with Gasteiger partial charge in [0.15, 0.2) is 0 Å². The van der Waals surface area contributed by atoms with Gasteiger partial charge in [0, 0.05) is 19.7 Å². The van der Waals surface area contributed by atoms with Gasteiger partial charge in [-0.25, -0.2) is 0 Å². The summed E-state index contributed by atoms with van der Waals surface area (Å²) < 4.78 is 0. The number of hydrogen-bond acceptors (Lipinski definition) is 3. The molecule has 0 aromatic heterocycles. The molecule has 0 bridgehead atoms. The van der Waals surface area contributed by atoms with Crippen LogP contribution >= 0.6 is 0 Å². The fraction of sp³-hybridized carbons (Fsp3) is 0.917. The van der Waals surface area contributed by atoms with Gasteiger partial charge in [-0.2, -0.15) is 0 Å². The Morgan fingerprint density at radius 3 is 2.94 bits per heavy atom. The molecule has 2 rings (SSSR count). The van der Waals surface area contributed by atoms with Crippen molar-refractivity contribution >= 4 is 5.91 Å². The first-order chi connectivity index (χ1) is 7.76. The van der Waals surface area contributed by atoms with Crippen molar-refractivity contribution in [2.45, 2.75) is 44.6 Å². The summed E-state index contributed by atoms with van der Waals surface area (Å²) in [5, 5.41) is 15.3.